The van der Waals surface area contributed by atoms with Gasteiger partial charge in [-0.15, -0.1) is 0 Å². The summed E-state index contributed by atoms with van der Waals surface area (Å²) in [6.07, 6.45) is 1.67. The molecule has 1 aromatic heterocycles. The van der Waals surface area contributed by atoms with Crippen LogP contribution in [0.25, 0.3) is 0 Å². The molecule has 0 spiro atoms. The third-order valence-electron chi connectivity index (χ3n) is 1.48. The summed E-state index contributed by atoms with van der Waals surface area (Å²) in [6.45, 7) is 5.01. The van der Waals surface area contributed by atoms with Crippen LogP contribution in [0.4, 0.5) is 0 Å². The van der Waals surface area contributed by atoms with Crippen LogP contribution < -0.4 is 5.32 Å². The normalized spacial score (nSPS) is 10.7. The Morgan fingerprint density at radius 3 is 2.75 bits per heavy atom. The molecule has 2 nitrogen and oxygen atoms in total. The van der Waals surface area contributed by atoms with Gasteiger partial charge in [-0.25, -0.2) is 0 Å². The van der Waals surface area contributed by atoms with Crippen LogP contribution in [0.2, 0.25) is 5.02 Å². The maximum atomic E-state index is 5.69. The molecule has 0 aromatic carbocycles. The maximum Gasteiger partial charge on any atom is 0.0589 e. The molecule has 0 aliphatic heterocycles. The topological polar surface area (TPSA) is 24.9 Å². The van der Waals surface area contributed by atoms with Gasteiger partial charge in [-0.1, -0.05) is 25.4 Å². The van der Waals surface area contributed by atoms with E-state index in [0.717, 1.165) is 12.2 Å². The monoisotopic (exact) mass is 184 g/mol. The maximum absolute atomic E-state index is 5.69. The molecule has 0 aliphatic rings. The Morgan fingerprint density at radius 2 is 2.25 bits per heavy atom. The van der Waals surface area contributed by atoms with Crippen LogP contribution in [0.3, 0.4) is 0 Å². The van der Waals surface area contributed by atoms with Gasteiger partial charge < -0.3 is 5.32 Å². The average molecular weight is 185 g/mol. The Morgan fingerprint density at radius 1 is 1.50 bits per heavy atom. The number of nitrogens with one attached hydrogen (secondary N) is 1. The number of hydrogen-bond donors (Lipinski definition) is 1. The van der Waals surface area contributed by atoms with Crippen molar-refractivity contribution in [2.24, 2.45) is 0 Å². The van der Waals surface area contributed by atoms with E-state index in [1.807, 2.05) is 12.1 Å². The molecular weight excluding hydrogens is 172 g/mol. The molecule has 0 fully saturated rings. The van der Waals surface area contributed by atoms with E-state index < -0.39 is 0 Å². The predicted octanol–water partition coefficient (Wildman–Crippen LogP) is 2.23. The zero-order valence-electron chi connectivity index (χ0n) is 7.34. The van der Waals surface area contributed by atoms with Gasteiger partial charge in [0.05, 0.1) is 10.7 Å². The highest BCUT2D eigenvalue weighted by molar-refractivity contribution is 6.30. The van der Waals surface area contributed by atoms with Crippen LogP contribution in [0.1, 0.15) is 19.5 Å². The molecule has 0 bridgehead atoms. The van der Waals surface area contributed by atoms with E-state index in [4.69, 9.17) is 11.6 Å². The first-order valence-electron chi connectivity index (χ1n) is 4.02. The van der Waals surface area contributed by atoms with Gasteiger partial charge in [0.25, 0.3) is 0 Å². The molecule has 1 heterocycles. The van der Waals surface area contributed by atoms with Crippen LogP contribution in [-0.2, 0) is 6.54 Å². The van der Waals surface area contributed by atoms with E-state index in [0.29, 0.717) is 11.1 Å². The van der Waals surface area contributed by atoms with Crippen molar-refractivity contribution in [3.8, 4) is 0 Å². The van der Waals surface area contributed by atoms with Crippen molar-refractivity contribution in [1.29, 1.82) is 0 Å². The van der Waals surface area contributed by atoms with Gasteiger partial charge in [0, 0.05) is 18.8 Å². The second-order valence-corrected chi connectivity index (χ2v) is 3.44. The Balaban J connectivity index is 2.48. The van der Waals surface area contributed by atoms with E-state index in [1.165, 1.54) is 0 Å². The highest BCUT2D eigenvalue weighted by Gasteiger charge is 1.95. The first kappa shape index (κ1) is 9.49. The van der Waals surface area contributed by atoms with Gasteiger partial charge in [-0.2, -0.15) is 0 Å². The summed E-state index contributed by atoms with van der Waals surface area (Å²) >= 11 is 5.69. The average Bonchev–Trinajstić information content (AvgIpc) is 2.03. The summed E-state index contributed by atoms with van der Waals surface area (Å²) in [5, 5.41) is 3.96. The van der Waals surface area contributed by atoms with Crippen molar-refractivity contribution in [2.75, 3.05) is 0 Å². The first-order valence-corrected chi connectivity index (χ1v) is 4.40. The summed E-state index contributed by atoms with van der Waals surface area (Å²) < 4.78 is 0. The van der Waals surface area contributed by atoms with Crippen LogP contribution >= 0.6 is 11.6 Å². The number of nitrogens with zero attached hydrogens (tertiary/aromatic N) is 1. The fourth-order valence-electron chi connectivity index (χ4n) is 0.820. The number of rotatable bonds is 3. The summed E-state index contributed by atoms with van der Waals surface area (Å²) in [5.41, 5.74) is 1.02. The van der Waals surface area contributed by atoms with E-state index in [-0.39, 0.29) is 0 Å². The van der Waals surface area contributed by atoms with E-state index >= 15 is 0 Å². The van der Waals surface area contributed by atoms with Gasteiger partial charge in [-0.3, -0.25) is 4.98 Å². The van der Waals surface area contributed by atoms with Crippen molar-refractivity contribution in [3.05, 3.63) is 29.0 Å². The summed E-state index contributed by atoms with van der Waals surface area (Å²) in [6, 6.07) is 4.27. The van der Waals surface area contributed by atoms with Crippen molar-refractivity contribution in [1.82, 2.24) is 10.3 Å². The van der Waals surface area contributed by atoms with Gasteiger partial charge in [-0.05, 0) is 12.1 Å². The van der Waals surface area contributed by atoms with Gasteiger partial charge in [0.2, 0.25) is 0 Å². The molecule has 0 unspecified atom stereocenters. The molecule has 0 atom stereocenters. The molecule has 0 saturated carbocycles. The molecule has 0 saturated heterocycles. The fraction of sp³-hybridized carbons (Fsp3) is 0.444. The fourth-order valence-corrected chi connectivity index (χ4v) is 0.931. The van der Waals surface area contributed by atoms with Gasteiger partial charge >= 0.3 is 0 Å². The minimum atomic E-state index is 0.488. The Hall–Kier alpha value is -0.600. The third-order valence-corrected chi connectivity index (χ3v) is 1.70. The van der Waals surface area contributed by atoms with Crippen LogP contribution in [0, 0.1) is 0 Å². The Kier molecular flexibility index (Phi) is 3.50. The molecule has 0 radical (unpaired) electrons. The lowest BCUT2D eigenvalue weighted by atomic mass is 10.3. The lowest BCUT2D eigenvalue weighted by Crippen LogP contribution is -2.22. The predicted molar refractivity (Wildman–Crippen MR) is 51.2 cm³/mol. The largest absolute Gasteiger partial charge is 0.309 e. The van der Waals surface area contributed by atoms with Gasteiger partial charge in [0.15, 0.2) is 0 Å². The van der Waals surface area contributed by atoms with Crippen molar-refractivity contribution in [2.45, 2.75) is 26.4 Å². The molecule has 3 heteroatoms. The van der Waals surface area contributed by atoms with Crippen molar-refractivity contribution >= 4 is 11.6 Å². The van der Waals surface area contributed by atoms with E-state index in [1.54, 1.807) is 6.20 Å². The van der Waals surface area contributed by atoms with Crippen LogP contribution in [-0.4, -0.2) is 11.0 Å². The van der Waals surface area contributed by atoms with E-state index in [2.05, 4.69) is 24.1 Å². The van der Waals surface area contributed by atoms with E-state index in [9.17, 15) is 0 Å². The number of halogens is 1. The van der Waals surface area contributed by atoms with Crippen molar-refractivity contribution in [3.63, 3.8) is 0 Å². The number of hydrogen-bond acceptors (Lipinski definition) is 2. The van der Waals surface area contributed by atoms with Crippen LogP contribution in [0.5, 0.6) is 0 Å². The van der Waals surface area contributed by atoms with Crippen molar-refractivity contribution < 1.29 is 0 Å². The minimum absolute atomic E-state index is 0.488. The third kappa shape index (κ3) is 3.20. The quantitative estimate of drug-likeness (QED) is 0.780. The first-order chi connectivity index (χ1) is 5.68. The second-order valence-electron chi connectivity index (χ2n) is 3.00. The summed E-state index contributed by atoms with van der Waals surface area (Å²) in [4.78, 5) is 4.16. The standard InChI is InChI=1S/C9H13ClN2/c1-7(2)11-6-9-4-3-8(10)5-12-9/h3-5,7,11H,6H2,1-2H3. The molecule has 66 valence electrons. The Bertz CT molecular complexity index is 231. The molecule has 1 N–H and O–H groups in total. The lowest BCUT2D eigenvalue weighted by molar-refractivity contribution is 0.581. The summed E-state index contributed by atoms with van der Waals surface area (Å²) in [5.74, 6) is 0. The second kappa shape index (κ2) is 4.43. The molecular formula is C9H13ClN2. The number of aromatic nitrogens is 1. The zero-order valence-corrected chi connectivity index (χ0v) is 8.10. The number of pyridine rings is 1. The lowest BCUT2D eigenvalue weighted by Gasteiger charge is -2.06. The highest BCUT2D eigenvalue weighted by atomic mass is 35.5. The summed E-state index contributed by atoms with van der Waals surface area (Å²) in [7, 11) is 0. The molecule has 0 aliphatic carbocycles. The SMILES string of the molecule is CC(C)NCc1ccc(Cl)cn1. The smallest absolute Gasteiger partial charge is 0.0589 e. The molecule has 12 heavy (non-hydrogen) atoms. The highest BCUT2D eigenvalue weighted by Crippen LogP contribution is 2.05. The molecule has 1 rings (SSSR count). The molecule has 1 aromatic rings. The molecule has 0 amide bonds. The van der Waals surface area contributed by atoms with Crippen LogP contribution in [0.15, 0.2) is 18.3 Å². The zero-order chi connectivity index (χ0) is 8.97. The minimum Gasteiger partial charge on any atom is -0.309 e. The Labute approximate surface area is 78.0 Å². The van der Waals surface area contributed by atoms with Gasteiger partial charge in [0.1, 0.15) is 0 Å².